The van der Waals surface area contributed by atoms with Gasteiger partial charge in [-0.15, -0.1) is 6.58 Å². The van der Waals surface area contributed by atoms with Gasteiger partial charge in [0.05, 0.1) is 0 Å². The minimum atomic E-state index is 0.417. The molecule has 0 aliphatic carbocycles. The van der Waals surface area contributed by atoms with E-state index in [0.29, 0.717) is 5.92 Å². The second-order valence-corrected chi connectivity index (χ2v) is 4.57. The molecule has 2 heteroatoms. The van der Waals surface area contributed by atoms with Crippen LogP contribution in [-0.2, 0) is 0 Å². The first-order valence-corrected chi connectivity index (χ1v) is 8.25. The summed E-state index contributed by atoms with van der Waals surface area (Å²) in [5, 5.41) is 3.29. The van der Waals surface area contributed by atoms with E-state index in [4.69, 9.17) is 0 Å². The van der Waals surface area contributed by atoms with Crippen molar-refractivity contribution in [3.8, 4) is 0 Å². The van der Waals surface area contributed by atoms with E-state index in [2.05, 4.69) is 55.0 Å². The van der Waals surface area contributed by atoms with Crippen LogP contribution in [-0.4, -0.2) is 11.5 Å². The van der Waals surface area contributed by atoms with E-state index in [1.54, 1.807) is 0 Å². The number of hydrogen-bond donors (Lipinski definition) is 1. The van der Waals surface area contributed by atoms with Gasteiger partial charge in [-0.3, -0.25) is 0 Å². The lowest BCUT2D eigenvalue weighted by molar-refractivity contribution is 0.943. The van der Waals surface area contributed by atoms with E-state index in [9.17, 15) is 0 Å². The molecule has 2 nitrogen and oxygen atoms in total. The maximum absolute atomic E-state index is 4.30. The van der Waals surface area contributed by atoms with Crippen LogP contribution in [0.25, 0.3) is 0 Å². The Morgan fingerprint density at radius 1 is 1.27 bits per heavy atom. The Morgan fingerprint density at radius 2 is 1.91 bits per heavy atom. The van der Waals surface area contributed by atoms with Crippen molar-refractivity contribution in [3.63, 3.8) is 0 Å². The van der Waals surface area contributed by atoms with Gasteiger partial charge in [-0.2, -0.15) is 0 Å². The quantitative estimate of drug-likeness (QED) is 0.501. The van der Waals surface area contributed by atoms with Gasteiger partial charge in [0.2, 0.25) is 0 Å². The molecule has 0 aliphatic heterocycles. The smallest absolute Gasteiger partial charge is 0.126 e. The van der Waals surface area contributed by atoms with Gasteiger partial charge in [-0.05, 0) is 31.4 Å². The lowest BCUT2D eigenvalue weighted by Crippen LogP contribution is -2.04. The summed E-state index contributed by atoms with van der Waals surface area (Å²) in [7, 11) is 0. The number of aryl methyl sites for hydroxylation is 1. The van der Waals surface area contributed by atoms with E-state index >= 15 is 0 Å². The van der Waals surface area contributed by atoms with Crippen molar-refractivity contribution in [2.45, 2.75) is 48.5 Å². The minimum Gasteiger partial charge on any atom is -0.366 e. The molecule has 0 saturated heterocycles. The summed E-state index contributed by atoms with van der Waals surface area (Å²) in [6, 6.07) is 4.05. The summed E-state index contributed by atoms with van der Waals surface area (Å²) < 4.78 is 0. The molecule has 1 atom stereocenters. The molecule has 124 valence electrons. The summed E-state index contributed by atoms with van der Waals surface area (Å²) in [4.78, 5) is 4.30. The van der Waals surface area contributed by atoms with Crippen LogP contribution < -0.4 is 5.32 Å². The Bertz CT molecular complexity index is 428. The third kappa shape index (κ3) is 12.0. The Kier molecular flexibility index (Phi) is 15.9. The number of allylic oxidation sites excluding steroid dienone is 4. The molecular formula is C20H34N2. The molecule has 0 fully saturated rings. The van der Waals surface area contributed by atoms with Crippen LogP contribution in [0.15, 0.2) is 54.8 Å². The molecule has 0 bridgehead atoms. The van der Waals surface area contributed by atoms with E-state index in [0.717, 1.165) is 12.4 Å². The molecule has 1 rings (SSSR count). The van der Waals surface area contributed by atoms with Crippen LogP contribution in [0.1, 0.15) is 47.1 Å². The molecule has 0 aliphatic rings. The fourth-order valence-electron chi connectivity index (χ4n) is 1.33. The van der Waals surface area contributed by atoms with Gasteiger partial charge in [-0.1, -0.05) is 70.6 Å². The third-order valence-electron chi connectivity index (χ3n) is 2.63. The largest absolute Gasteiger partial charge is 0.366 e. The topological polar surface area (TPSA) is 24.9 Å². The predicted molar refractivity (Wildman–Crippen MR) is 102 cm³/mol. The molecule has 1 N–H and O–H groups in total. The van der Waals surface area contributed by atoms with Crippen LogP contribution in [0.4, 0.5) is 5.82 Å². The van der Waals surface area contributed by atoms with E-state index in [-0.39, 0.29) is 0 Å². The normalized spacial score (nSPS) is 11.7. The standard InChI is InChI=1S/C16H22N2.2C2H6/c1-5-13(2)7-6-8-14(3)11-17-16-10-9-15(4)12-18-16;2*1-2/h5-10,12-13H,1,11H2,2-4H3,(H,17,18);2*1-2H3/b7-6?,14-8+;;. The number of rotatable bonds is 6. The maximum atomic E-state index is 4.30. The van der Waals surface area contributed by atoms with Crippen molar-refractivity contribution in [3.05, 3.63) is 60.3 Å². The average Bonchev–Trinajstić information content (AvgIpc) is 2.58. The lowest BCUT2D eigenvalue weighted by Gasteiger charge is -2.05. The summed E-state index contributed by atoms with van der Waals surface area (Å²) in [6.07, 6.45) is 10.1. The Morgan fingerprint density at radius 3 is 2.41 bits per heavy atom. The van der Waals surface area contributed by atoms with Crippen molar-refractivity contribution in [2.75, 3.05) is 11.9 Å². The Hall–Kier alpha value is -1.83. The molecule has 22 heavy (non-hydrogen) atoms. The summed E-state index contributed by atoms with van der Waals surface area (Å²) in [5.74, 6) is 1.33. The number of aromatic nitrogens is 1. The van der Waals surface area contributed by atoms with Gasteiger partial charge >= 0.3 is 0 Å². The summed E-state index contributed by atoms with van der Waals surface area (Å²) in [6.45, 7) is 18.8. The molecule has 1 aromatic heterocycles. The molecule has 1 aromatic rings. The molecule has 0 radical (unpaired) electrons. The van der Waals surface area contributed by atoms with Crippen LogP contribution in [0.2, 0.25) is 0 Å². The highest BCUT2D eigenvalue weighted by molar-refractivity contribution is 5.37. The number of nitrogens with one attached hydrogen (secondary N) is 1. The highest BCUT2D eigenvalue weighted by atomic mass is 15.0. The molecule has 0 aromatic carbocycles. The number of nitrogens with zero attached hydrogens (tertiary/aromatic N) is 1. The molecular weight excluding hydrogens is 268 g/mol. The third-order valence-corrected chi connectivity index (χ3v) is 2.63. The monoisotopic (exact) mass is 302 g/mol. The first-order chi connectivity index (χ1) is 10.6. The van der Waals surface area contributed by atoms with Gasteiger partial charge in [0.15, 0.2) is 0 Å². The van der Waals surface area contributed by atoms with Gasteiger partial charge in [0.1, 0.15) is 5.82 Å². The Labute approximate surface area is 138 Å². The van der Waals surface area contributed by atoms with Crippen molar-refractivity contribution in [2.24, 2.45) is 5.92 Å². The van der Waals surface area contributed by atoms with Crippen molar-refractivity contribution < 1.29 is 0 Å². The number of anilines is 1. The number of pyridine rings is 1. The van der Waals surface area contributed by atoms with Gasteiger partial charge in [0.25, 0.3) is 0 Å². The highest BCUT2D eigenvalue weighted by Gasteiger charge is 1.93. The van der Waals surface area contributed by atoms with Crippen LogP contribution in [0.3, 0.4) is 0 Å². The molecule has 0 amide bonds. The van der Waals surface area contributed by atoms with Crippen LogP contribution in [0.5, 0.6) is 0 Å². The van der Waals surface area contributed by atoms with Crippen molar-refractivity contribution in [1.82, 2.24) is 4.98 Å². The first kappa shape index (κ1) is 22.5. The second-order valence-electron chi connectivity index (χ2n) is 4.57. The zero-order valence-corrected chi connectivity index (χ0v) is 15.5. The SMILES string of the molecule is C=CC(C)C=C/C=C(\C)CNc1ccc(C)cn1.CC.CC. The van der Waals surface area contributed by atoms with Crippen LogP contribution in [0, 0.1) is 12.8 Å². The molecule has 0 saturated carbocycles. The zero-order valence-electron chi connectivity index (χ0n) is 15.5. The van der Waals surface area contributed by atoms with E-state index in [1.165, 1.54) is 11.1 Å². The first-order valence-electron chi connectivity index (χ1n) is 8.25. The minimum absolute atomic E-state index is 0.417. The summed E-state index contributed by atoms with van der Waals surface area (Å²) in [5.41, 5.74) is 2.44. The molecule has 1 unspecified atom stereocenters. The van der Waals surface area contributed by atoms with Crippen LogP contribution >= 0.6 is 0 Å². The maximum Gasteiger partial charge on any atom is 0.126 e. The number of hydrogen-bond acceptors (Lipinski definition) is 2. The predicted octanol–water partition coefficient (Wildman–Crippen LogP) is 6.18. The average molecular weight is 303 g/mol. The van der Waals surface area contributed by atoms with E-state index in [1.807, 2.05) is 53.0 Å². The Balaban J connectivity index is 0. The van der Waals surface area contributed by atoms with Crippen molar-refractivity contribution in [1.29, 1.82) is 0 Å². The molecule has 0 spiro atoms. The summed E-state index contributed by atoms with van der Waals surface area (Å²) >= 11 is 0. The van der Waals surface area contributed by atoms with Gasteiger partial charge < -0.3 is 5.32 Å². The van der Waals surface area contributed by atoms with Crippen molar-refractivity contribution >= 4 is 5.82 Å². The van der Waals surface area contributed by atoms with Gasteiger partial charge in [-0.25, -0.2) is 4.98 Å². The zero-order chi connectivity index (χ0) is 17.4. The molecule has 1 heterocycles. The fourth-order valence-corrected chi connectivity index (χ4v) is 1.33. The van der Waals surface area contributed by atoms with Gasteiger partial charge in [0, 0.05) is 12.7 Å². The van der Waals surface area contributed by atoms with E-state index < -0.39 is 0 Å². The lowest BCUT2D eigenvalue weighted by atomic mass is 10.1. The second kappa shape index (κ2) is 15.6. The highest BCUT2D eigenvalue weighted by Crippen LogP contribution is 2.05. The fraction of sp³-hybridized carbons (Fsp3) is 0.450.